The largest absolute Gasteiger partial charge is 0.496 e. The topological polar surface area (TPSA) is 46.5 Å². The zero-order chi connectivity index (χ0) is 13.1. The van der Waals surface area contributed by atoms with E-state index in [1.807, 2.05) is 0 Å². The maximum atomic E-state index is 12.8. The molecule has 0 fully saturated rings. The number of carboxylic acid groups (broad SMARTS) is 1. The Kier molecular flexibility index (Phi) is 3.77. The molecule has 0 heterocycles. The zero-order valence-electron chi connectivity index (χ0n) is 8.78. The van der Waals surface area contributed by atoms with Gasteiger partial charge in [-0.1, -0.05) is 12.1 Å². The predicted octanol–water partition coefficient (Wildman–Crippen LogP) is 2.81. The number of hydrogen-bond acceptors (Lipinski definition) is 2. The molecule has 6 heteroatoms. The molecule has 0 aromatic heterocycles. The second kappa shape index (κ2) is 4.90. The van der Waals surface area contributed by atoms with Crippen molar-refractivity contribution in [2.75, 3.05) is 7.11 Å². The Hall–Kier alpha value is -1.98. The summed E-state index contributed by atoms with van der Waals surface area (Å²) in [5.41, 5.74) is -1.24. The van der Waals surface area contributed by atoms with E-state index in [9.17, 15) is 18.0 Å². The van der Waals surface area contributed by atoms with E-state index in [1.165, 1.54) is 18.2 Å². The van der Waals surface area contributed by atoms with Gasteiger partial charge in [0.25, 0.3) is 0 Å². The number of alkyl halides is 3. The number of methoxy groups -OCH3 is 1. The molecule has 0 spiro atoms. The molecule has 0 atom stereocenters. The molecule has 0 aliphatic carbocycles. The van der Waals surface area contributed by atoms with Crippen molar-refractivity contribution in [3.05, 3.63) is 35.4 Å². The lowest BCUT2D eigenvalue weighted by Crippen LogP contribution is -2.09. The lowest BCUT2D eigenvalue weighted by Gasteiger charge is -2.14. The first kappa shape index (κ1) is 13.1. The quantitative estimate of drug-likeness (QED) is 0.834. The van der Waals surface area contributed by atoms with Crippen LogP contribution in [0.1, 0.15) is 11.1 Å². The van der Waals surface area contributed by atoms with E-state index in [2.05, 4.69) is 4.74 Å². The minimum Gasteiger partial charge on any atom is -0.496 e. The van der Waals surface area contributed by atoms with Crippen LogP contribution in [0.2, 0.25) is 0 Å². The van der Waals surface area contributed by atoms with Gasteiger partial charge in [0.2, 0.25) is 0 Å². The highest BCUT2D eigenvalue weighted by molar-refractivity contribution is 5.85. The molecule has 0 aliphatic heterocycles. The van der Waals surface area contributed by atoms with Crippen molar-refractivity contribution in [3.63, 3.8) is 0 Å². The van der Waals surface area contributed by atoms with Crippen LogP contribution < -0.4 is 4.74 Å². The Bertz CT molecular complexity index is 450. The molecule has 1 rings (SSSR count). The fourth-order valence-electron chi connectivity index (χ4n) is 1.32. The minimum atomic E-state index is -4.61. The molecular weight excluding hydrogens is 237 g/mol. The van der Waals surface area contributed by atoms with Gasteiger partial charge in [-0.2, -0.15) is 13.2 Å². The van der Waals surface area contributed by atoms with E-state index in [1.54, 1.807) is 0 Å². The average Bonchev–Trinajstić information content (AvgIpc) is 2.24. The zero-order valence-corrected chi connectivity index (χ0v) is 8.78. The first-order valence-corrected chi connectivity index (χ1v) is 4.51. The van der Waals surface area contributed by atoms with Crippen LogP contribution in [0.3, 0.4) is 0 Å². The van der Waals surface area contributed by atoms with Gasteiger partial charge in [-0.3, -0.25) is 0 Å². The summed E-state index contributed by atoms with van der Waals surface area (Å²) in [5, 5.41) is 8.40. The molecule has 0 unspecified atom stereocenters. The van der Waals surface area contributed by atoms with Gasteiger partial charge in [0.15, 0.2) is 0 Å². The number of benzene rings is 1. The van der Waals surface area contributed by atoms with Gasteiger partial charge >= 0.3 is 12.1 Å². The molecule has 0 aliphatic rings. The highest BCUT2D eigenvalue weighted by Crippen LogP contribution is 2.39. The van der Waals surface area contributed by atoms with Crippen LogP contribution in [0.15, 0.2) is 24.3 Å². The molecular formula is C11H9F3O3. The van der Waals surface area contributed by atoms with Crippen molar-refractivity contribution >= 4 is 12.0 Å². The molecule has 17 heavy (non-hydrogen) atoms. The monoisotopic (exact) mass is 246 g/mol. The third-order valence-corrected chi connectivity index (χ3v) is 1.97. The van der Waals surface area contributed by atoms with Gasteiger partial charge in [-0.25, -0.2) is 4.79 Å². The molecule has 1 N–H and O–H groups in total. The molecule has 0 saturated heterocycles. The SMILES string of the molecule is COc1cccc(C=CC(=O)O)c1C(F)(F)F. The van der Waals surface area contributed by atoms with E-state index in [-0.39, 0.29) is 11.3 Å². The van der Waals surface area contributed by atoms with E-state index >= 15 is 0 Å². The van der Waals surface area contributed by atoms with Gasteiger partial charge < -0.3 is 9.84 Å². The summed E-state index contributed by atoms with van der Waals surface area (Å²) in [6.45, 7) is 0. The summed E-state index contributed by atoms with van der Waals surface area (Å²) in [4.78, 5) is 10.3. The number of carbonyl (C=O) groups is 1. The fraction of sp³-hybridized carbons (Fsp3) is 0.182. The smallest absolute Gasteiger partial charge is 0.420 e. The number of carboxylic acids is 1. The molecule has 92 valence electrons. The third kappa shape index (κ3) is 3.24. The van der Waals surface area contributed by atoms with Crippen LogP contribution in [-0.4, -0.2) is 18.2 Å². The number of rotatable bonds is 3. The third-order valence-electron chi connectivity index (χ3n) is 1.97. The number of halogens is 3. The van der Waals surface area contributed by atoms with Gasteiger partial charge in [0, 0.05) is 6.08 Å². The maximum Gasteiger partial charge on any atom is 0.420 e. The first-order valence-electron chi connectivity index (χ1n) is 4.51. The number of hydrogen-bond donors (Lipinski definition) is 1. The standard InChI is InChI=1S/C11H9F3O3/c1-17-8-4-2-3-7(5-6-9(15)16)10(8)11(12,13)14/h2-6H,1H3,(H,15,16). The van der Waals surface area contributed by atoms with Gasteiger partial charge in [0.05, 0.1) is 7.11 Å². The molecule has 3 nitrogen and oxygen atoms in total. The molecule has 0 radical (unpaired) electrons. The number of aliphatic carboxylic acids is 1. The van der Waals surface area contributed by atoms with Crippen LogP contribution in [0.4, 0.5) is 13.2 Å². The summed E-state index contributed by atoms with van der Waals surface area (Å²) in [6.07, 6.45) is -3.08. The highest BCUT2D eigenvalue weighted by Gasteiger charge is 2.36. The van der Waals surface area contributed by atoms with E-state index in [0.29, 0.717) is 6.08 Å². The second-order valence-electron chi connectivity index (χ2n) is 3.09. The summed E-state index contributed by atoms with van der Waals surface area (Å²) in [6, 6.07) is 3.70. The Labute approximate surface area is 95.1 Å². The number of ether oxygens (including phenoxy) is 1. The van der Waals surface area contributed by atoms with Crippen molar-refractivity contribution in [1.82, 2.24) is 0 Å². The summed E-state index contributed by atoms with van der Waals surface area (Å²) < 4.78 is 42.9. The molecule has 0 saturated carbocycles. The molecule has 1 aromatic carbocycles. The van der Waals surface area contributed by atoms with Gasteiger partial charge in [0.1, 0.15) is 11.3 Å². The Morgan fingerprint density at radius 2 is 2.06 bits per heavy atom. The van der Waals surface area contributed by atoms with Crippen molar-refractivity contribution in [1.29, 1.82) is 0 Å². The molecule has 1 aromatic rings. The second-order valence-corrected chi connectivity index (χ2v) is 3.09. The normalized spacial score (nSPS) is 11.8. The Balaban J connectivity index is 3.35. The van der Waals surface area contributed by atoms with Crippen LogP contribution in [0, 0.1) is 0 Å². The van der Waals surface area contributed by atoms with E-state index in [4.69, 9.17) is 5.11 Å². The lowest BCUT2D eigenvalue weighted by atomic mass is 10.1. The van der Waals surface area contributed by atoms with Crippen LogP contribution in [0.25, 0.3) is 6.08 Å². The summed E-state index contributed by atoms with van der Waals surface area (Å²) in [5.74, 6) is -1.66. The van der Waals surface area contributed by atoms with Crippen LogP contribution in [-0.2, 0) is 11.0 Å². The maximum absolute atomic E-state index is 12.8. The van der Waals surface area contributed by atoms with E-state index in [0.717, 1.165) is 13.2 Å². The van der Waals surface area contributed by atoms with Crippen LogP contribution in [0.5, 0.6) is 5.75 Å². The minimum absolute atomic E-state index is 0.251. The van der Waals surface area contributed by atoms with Gasteiger partial charge in [-0.15, -0.1) is 0 Å². The fourth-order valence-corrected chi connectivity index (χ4v) is 1.32. The summed E-state index contributed by atoms with van der Waals surface area (Å²) >= 11 is 0. The summed E-state index contributed by atoms with van der Waals surface area (Å²) in [7, 11) is 1.12. The molecule has 0 amide bonds. The van der Waals surface area contributed by atoms with Crippen molar-refractivity contribution in [2.45, 2.75) is 6.18 Å². The molecule has 0 bridgehead atoms. The van der Waals surface area contributed by atoms with Crippen molar-refractivity contribution in [2.24, 2.45) is 0 Å². The predicted molar refractivity (Wildman–Crippen MR) is 54.7 cm³/mol. The van der Waals surface area contributed by atoms with Gasteiger partial charge in [-0.05, 0) is 17.7 Å². The average molecular weight is 246 g/mol. The first-order chi connectivity index (χ1) is 7.86. The van der Waals surface area contributed by atoms with Crippen LogP contribution >= 0.6 is 0 Å². The van der Waals surface area contributed by atoms with Crippen molar-refractivity contribution < 1.29 is 27.8 Å². The Morgan fingerprint density at radius 3 is 2.53 bits per heavy atom. The van der Waals surface area contributed by atoms with Crippen molar-refractivity contribution in [3.8, 4) is 5.75 Å². The lowest BCUT2D eigenvalue weighted by molar-refractivity contribution is -0.139. The van der Waals surface area contributed by atoms with E-state index < -0.39 is 17.7 Å². The Morgan fingerprint density at radius 1 is 1.41 bits per heavy atom. The highest BCUT2D eigenvalue weighted by atomic mass is 19.4.